The number of aromatic nitrogens is 12. The van der Waals surface area contributed by atoms with Crippen LogP contribution in [0.5, 0.6) is 0 Å². The van der Waals surface area contributed by atoms with E-state index in [0.717, 1.165) is 120 Å². The average Bonchev–Trinajstić information content (AvgIpc) is 1.61. The van der Waals surface area contributed by atoms with E-state index in [4.69, 9.17) is 31.0 Å². The Bertz CT molecular complexity index is 6320. The van der Waals surface area contributed by atoms with E-state index in [1.807, 2.05) is 13.8 Å². The Morgan fingerprint density at radius 2 is 0.793 bits per heavy atom. The zero-order chi connectivity index (χ0) is 106. The number of nitrogens with two attached hydrogens (primary N) is 1. The summed E-state index contributed by atoms with van der Waals surface area (Å²) in [6, 6.07) is 20.6. The first-order chi connectivity index (χ1) is 66.3. The van der Waals surface area contributed by atoms with Crippen molar-refractivity contribution in [2.24, 2.45) is 5.73 Å². The van der Waals surface area contributed by atoms with E-state index >= 15 is 0 Å². The van der Waals surface area contributed by atoms with Crippen LogP contribution in [0.1, 0.15) is 188 Å². The molecule has 7 N–H and O–H groups in total. The first-order valence-corrected chi connectivity index (χ1v) is 47.1. The fourth-order valence-corrected chi connectivity index (χ4v) is 17.3. The molecule has 0 aliphatic carbocycles. The van der Waals surface area contributed by atoms with Gasteiger partial charge in [-0.3, -0.25) is 44.1 Å². The molecule has 0 unspecified atom stereocenters. The highest BCUT2D eigenvalue weighted by atomic mass is 35.7. The number of rotatable bonds is 18. The molecule has 4 saturated heterocycles. The molecule has 14 rings (SSSR count). The van der Waals surface area contributed by atoms with Crippen LogP contribution in [0.15, 0.2) is 181 Å². The average molecular weight is 2110 g/mol. The zero-order valence-electron chi connectivity index (χ0n) is 78.5. The first-order valence-electron chi connectivity index (χ1n) is 43.4. The molecule has 5 atom stereocenters. The topological polar surface area (TPSA) is 448 Å². The molecular weight excluding hydrogens is 2000 g/mol. The van der Waals surface area contributed by atoms with Crippen LogP contribution in [-0.4, -0.2) is 196 Å². The van der Waals surface area contributed by atoms with Crippen LogP contribution in [0.2, 0.25) is 0 Å². The number of hydrogen-bond acceptors (Lipinski definition) is 26. The molecule has 51 heteroatoms. The van der Waals surface area contributed by atoms with Gasteiger partial charge in [0.15, 0.2) is 0 Å². The van der Waals surface area contributed by atoms with Gasteiger partial charge in [0.2, 0.25) is 27.7 Å². The minimum atomic E-state index is -4.56. The maximum absolute atomic E-state index is 13.4. The Hall–Kier alpha value is -13.2. The summed E-state index contributed by atoms with van der Waals surface area (Å²) >= 11 is 0. The second-order valence-corrected chi connectivity index (χ2v) is 40.7. The number of benzene rings is 2. The molecule has 0 saturated carbocycles. The highest BCUT2D eigenvalue weighted by Gasteiger charge is 2.52. The van der Waals surface area contributed by atoms with Gasteiger partial charge in [-0.2, -0.15) is 57.0 Å². The van der Waals surface area contributed by atoms with Crippen LogP contribution in [-0.2, 0) is 98.6 Å². The second kappa shape index (κ2) is 48.7. The number of carboxylic acids is 1. The third kappa shape index (κ3) is 34.5. The van der Waals surface area contributed by atoms with Gasteiger partial charge in [0.1, 0.15) is 95.2 Å². The summed E-state index contributed by atoms with van der Waals surface area (Å²) in [6.07, 6.45) is -7.78. The van der Waals surface area contributed by atoms with Crippen molar-refractivity contribution in [3.05, 3.63) is 229 Å². The molecule has 4 fully saturated rings. The summed E-state index contributed by atoms with van der Waals surface area (Å²) in [5.41, 5.74) is 3.91. The van der Waals surface area contributed by atoms with Crippen molar-refractivity contribution in [1.82, 2.24) is 95.2 Å². The van der Waals surface area contributed by atoms with E-state index in [2.05, 4.69) is 94.9 Å². The number of likely N-dealkylation sites (tertiary alicyclic amines) is 2. The van der Waals surface area contributed by atoms with Crippen LogP contribution < -0.4 is 27.0 Å². The Labute approximate surface area is 830 Å². The number of amides is 5. The van der Waals surface area contributed by atoms with Gasteiger partial charge in [-0.25, -0.2) is 84.3 Å². The quantitative estimate of drug-likeness (QED) is 0.0343. The van der Waals surface area contributed by atoms with Crippen LogP contribution >= 0.6 is 10.7 Å². The molecule has 4 aliphatic rings. The van der Waals surface area contributed by atoms with E-state index in [1.165, 1.54) is 60.5 Å². The number of hydrogen-bond donors (Lipinski definition) is 6. The van der Waals surface area contributed by atoms with Crippen molar-refractivity contribution < 1.29 is 126 Å². The van der Waals surface area contributed by atoms with Gasteiger partial charge >= 0.3 is 42.9 Å². The first kappa shape index (κ1) is 119. The third-order valence-electron chi connectivity index (χ3n) is 21.5. The van der Waals surface area contributed by atoms with Crippen molar-refractivity contribution in [2.75, 3.05) is 6.54 Å². The lowest BCUT2D eigenvalue weighted by molar-refractivity contribution is -0.142. The van der Waals surface area contributed by atoms with Gasteiger partial charge in [-0.05, 0) is 243 Å². The minimum absolute atomic E-state index is 0. The molecule has 12 heterocycles. The largest absolute Gasteiger partial charge is 0.480 e. The summed E-state index contributed by atoms with van der Waals surface area (Å²) in [4.78, 5) is 122. The van der Waals surface area contributed by atoms with Crippen LogP contribution in [0, 0.1) is 11.6 Å². The van der Waals surface area contributed by atoms with Crippen molar-refractivity contribution in [3.8, 4) is 45.0 Å². The number of alkyl halides is 13. The van der Waals surface area contributed by atoms with Crippen molar-refractivity contribution in [2.45, 2.75) is 262 Å². The summed E-state index contributed by atoms with van der Waals surface area (Å²) < 4.78 is 250. The summed E-state index contributed by atoms with van der Waals surface area (Å²) in [7, 11) is -2.86. The Morgan fingerprint density at radius 1 is 0.455 bits per heavy atom. The van der Waals surface area contributed by atoms with Gasteiger partial charge in [0, 0.05) is 87.3 Å². The Kier molecular flexibility index (Phi) is 39.9. The lowest BCUT2D eigenvalue weighted by Gasteiger charge is -2.36. The maximum Gasteiger partial charge on any atom is 0.433 e. The molecule has 5 amide bonds. The van der Waals surface area contributed by atoms with E-state index in [1.54, 1.807) is 73.6 Å². The molecule has 0 radical (unpaired) electrons. The van der Waals surface area contributed by atoms with E-state index < -0.39 is 149 Å². The smallest absolute Gasteiger partial charge is 0.433 e. The standard InChI is InChI=1S/C24H23F4N5O3S.C23H28F3N5O3.C18H20F3N5O.C11H9F3N4.C10H16FNO4.C6H4ClFO2S.2CH4/c1-23(2)10-9-20(33(23)37(35,36)18-6-4-16(25)5-7-18)22(34)30-13-17-11-19(32-14-31-17)15-3-8-21(29-12-15)24(26,27)28;1-21(2,3)34-20(33)31-17(8-9-22(31,4)5)19(32)28-12-15-10-16(30-13-29-15)14-6-7-18(27-11-14)23(24,25)26;1-17(2)6-5-13(26-17)16(27)23-9-12-7-14(25-10-24-12)11-3-4-15(22-8-11)18(19,20)21;12-11(13,14)10-2-1-7(5-16-10)9-3-8(4-15)17-6-18-9;1-10(2,3)16-9(15)12-5-6(11)4-7(12)8(13)14;7-11(9,10)6-3-1-5(8)2-4-6;;/h3-8,11-12,14,20H,9-10,13H2,1-2H3,(H,30,34);6-7,10-11,13,17H,8-9,12H2,1-5H3,(H,28,32);3-4,7-8,10,13,26H,5-6,9H2,1-2H3,(H,23,27);1-3,5-6H,4,15H2;6-7H,4-5H2,1-3H3,(H,13,14);1-4H;2*1H4/t20-;17-;13-;;6-,7+;;;/m000.1.../s1. The van der Waals surface area contributed by atoms with Gasteiger partial charge in [-0.15, -0.1) is 0 Å². The van der Waals surface area contributed by atoms with Crippen LogP contribution in [0.4, 0.5) is 75.4 Å². The number of pyridine rings is 4. The van der Waals surface area contributed by atoms with Crippen LogP contribution in [0.3, 0.4) is 0 Å². The number of nitrogens with zero attached hydrogens (tertiary/aromatic N) is 15. The molecule has 145 heavy (non-hydrogen) atoms. The normalized spacial score (nSPS) is 17.5. The second-order valence-electron chi connectivity index (χ2n) is 36.3. The summed E-state index contributed by atoms with van der Waals surface area (Å²) in [5, 5.41) is 20.4. The minimum Gasteiger partial charge on any atom is -0.480 e. The SMILES string of the molecule is C.C.CC(C)(C)OC(=O)N1C[C@H](F)C[C@H]1C(=O)O.CC(C)(C)OC(=O)N1[C@H](C(=O)NCc2cc(-c3ccc(C(F)(F)F)nc3)ncn2)CCC1(C)C.CC1(C)CC[C@@H](C(=O)NCc2cc(-c3ccc(C(F)(F)F)nc3)ncn2)N1.CC1(C)CC[C@@H](C(=O)NCc2cc(-c3ccc(C(F)(F)F)nc3)ncn2)N1S(=O)(=O)c1ccc(F)cc1.NCc1cc(-c2ccc(C(F)(F)F)nc2)ncn1.O=S(=O)(Cl)c1ccc(F)cc1. The number of carboxylic acid groups (broad SMARTS) is 1. The number of sulfonamides is 1. The predicted octanol–water partition coefficient (Wildman–Crippen LogP) is 17.5. The number of nitrogens with one attached hydrogen (secondary N) is 4. The van der Waals surface area contributed by atoms with Gasteiger partial charge in [0.25, 0.3) is 9.05 Å². The summed E-state index contributed by atoms with van der Waals surface area (Å²) in [6.45, 7) is 21.8. The van der Waals surface area contributed by atoms with Crippen molar-refractivity contribution >= 4 is 65.6 Å². The zero-order valence-corrected chi connectivity index (χ0v) is 80.9. The van der Waals surface area contributed by atoms with Gasteiger partial charge in [0.05, 0.1) is 87.6 Å². The number of halogens is 16. The molecule has 2 aromatic carbocycles. The Morgan fingerprint density at radius 3 is 1.12 bits per heavy atom. The fourth-order valence-electron chi connectivity index (χ4n) is 14.5. The molecular formula is C94H108ClF15N20O13S2. The van der Waals surface area contributed by atoms with E-state index in [9.17, 15) is 111 Å². The lowest BCUT2D eigenvalue weighted by atomic mass is 10.0. The number of carbonyl (C=O) groups excluding carboxylic acids is 5. The van der Waals surface area contributed by atoms with Gasteiger partial charge in [-0.1, -0.05) is 14.9 Å². The molecule has 786 valence electrons. The highest BCUT2D eigenvalue weighted by Crippen LogP contribution is 2.41. The highest BCUT2D eigenvalue weighted by molar-refractivity contribution is 8.13. The Balaban J connectivity index is 0.000000245. The van der Waals surface area contributed by atoms with Gasteiger partial charge < -0.3 is 41.6 Å². The van der Waals surface area contributed by atoms with E-state index in [-0.39, 0.29) is 93.6 Å². The van der Waals surface area contributed by atoms with Crippen molar-refractivity contribution in [1.29, 1.82) is 0 Å². The molecule has 0 bridgehead atoms. The maximum atomic E-state index is 13.4. The third-order valence-corrected chi connectivity index (χ3v) is 25.0. The van der Waals surface area contributed by atoms with Crippen LogP contribution in [0.25, 0.3) is 45.0 Å². The number of aliphatic carboxylic acids is 1. The molecule has 33 nitrogen and oxygen atoms in total. The molecule has 4 aliphatic heterocycles. The fraction of sp³-hybridized carbons (Fsp3) is 0.426. The van der Waals surface area contributed by atoms with Crippen molar-refractivity contribution in [3.63, 3.8) is 0 Å². The molecule has 10 aromatic rings. The lowest BCUT2D eigenvalue weighted by Crippen LogP contribution is -2.53. The van der Waals surface area contributed by atoms with E-state index in [0.29, 0.717) is 87.1 Å². The molecule has 8 aromatic heterocycles. The molecule has 0 spiro atoms. The number of carbonyl (C=O) groups is 6. The number of ether oxygens (including phenoxy) is 2. The summed E-state index contributed by atoms with van der Waals surface area (Å²) in [5.74, 6) is -3.25. The predicted molar refractivity (Wildman–Crippen MR) is 499 cm³/mol. The monoisotopic (exact) mass is 2110 g/mol.